The fourth-order valence-corrected chi connectivity index (χ4v) is 2.44. The molecule has 0 aliphatic rings. The van der Waals surface area contributed by atoms with Gasteiger partial charge in [0.05, 0.1) is 0 Å². The standard InChI is InChI=1S/C18H20F2O/c1-10(2)14-8-12(9-15(11(3)4)18(14)21)13-6-5-7-16(19)17(13)20/h5-11,21H,1-4H3. The molecule has 0 heterocycles. The van der Waals surface area contributed by atoms with E-state index in [4.69, 9.17) is 0 Å². The molecule has 0 spiro atoms. The Morgan fingerprint density at radius 3 is 1.90 bits per heavy atom. The number of hydrogen-bond acceptors (Lipinski definition) is 1. The lowest BCUT2D eigenvalue weighted by molar-refractivity contribution is 0.454. The van der Waals surface area contributed by atoms with Gasteiger partial charge in [0.15, 0.2) is 11.6 Å². The molecule has 0 saturated carbocycles. The topological polar surface area (TPSA) is 20.2 Å². The Morgan fingerprint density at radius 1 is 0.905 bits per heavy atom. The van der Waals surface area contributed by atoms with E-state index in [9.17, 15) is 13.9 Å². The van der Waals surface area contributed by atoms with Crippen LogP contribution in [-0.2, 0) is 0 Å². The van der Waals surface area contributed by atoms with Crippen LogP contribution in [-0.4, -0.2) is 5.11 Å². The van der Waals surface area contributed by atoms with Crippen molar-refractivity contribution in [3.63, 3.8) is 0 Å². The molecule has 0 atom stereocenters. The highest BCUT2D eigenvalue weighted by Crippen LogP contribution is 2.38. The molecule has 0 aliphatic carbocycles. The number of rotatable bonds is 3. The van der Waals surface area contributed by atoms with Gasteiger partial charge in [-0.2, -0.15) is 0 Å². The van der Waals surface area contributed by atoms with Gasteiger partial charge in [-0.25, -0.2) is 8.78 Å². The first-order valence-corrected chi connectivity index (χ1v) is 7.14. The molecule has 2 rings (SSSR count). The van der Waals surface area contributed by atoms with Crippen molar-refractivity contribution in [2.24, 2.45) is 0 Å². The minimum Gasteiger partial charge on any atom is -0.507 e. The summed E-state index contributed by atoms with van der Waals surface area (Å²) in [6.07, 6.45) is 0. The molecular weight excluding hydrogens is 270 g/mol. The summed E-state index contributed by atoms with van der Waals surface area (Å²) in [4.78, 5) is 0. The Bertz CT molecular complexity index is 631. The van der Waals surface area contributed by atoms with Crippen LogP contribution in [0.1, 0.15) is 50.7 Å². The van der Waals surface area contributed by atoms with Gasteiger partial charge in [0.1, 0.15) is 5.75 Å². The van der Waals surface area contributed by atoms with Gasteiger partial charge in [0, 0.05) is 5.56 Å². The molecule has 0 unspecified atom stereocenters. The molecule has 0 amide bonds. The van der Waals surface area contributed by atoms with Gasteiger partial charge < -0.3 is 5.11 Å². The fourth-order valence-electron chi connectivity index (χ4n) is 2.44. The van der Waals surface area contributed by atoms with Crippen molar-refractivity contribution in [3.8, 4) is 16.9 Å². The van der Waals surface area contributed by atoms with E-state index in [2.05, 4.69) is 0 Å². The molecular formula is C18H20F2O. The Labute approximate surface area is 124 Å². The van der Waals surface area contributed by atoms with E-state index < -0.39 is 11.6 Å². The molecule has 2 aromatic rings. The minimum absolute atomic E-state index is 0.0964. The first kappa shape index (κ1) is 15.5. The second kappa shape index (κ2) is 5.84. The average molecular weight is 290 g/mol. The van der Waals surface area contributed by atoms with Crippen molar-refractivity contribution in [2.45, 2.75) is 39.5 Å². The van der Waals surface area contributed by atoms with Crippen molar-refractivity contribution in [1.82, 2.24) is 0 Å². The minimum atomic E-state index is -0.863. The maximum Gasteiger partial charge on any atom is 0.166 e. The van der Waals surface area contributed by atoms with Crippen molar-refractivity contribution in [1.29, 1.82) is 0 Å². The van der Waals surface area contributed by atoms with Crippen LogP contribution in [0.4, 0.5) is 8.78 Å². The van der Waals surface area contributed by atoms with E-state index in [1.165, 1.54) is 6.07 Å². The van der Waals surface area contributed by atoms with Crippen LogP contribution in [0.25, 0.3) is 11.1 Å². The van der Waals surface area contributed by atoms with Crippen molar-refractivity contribution >= 4 is 0 Å². The third kappa shape index (κ3) is 2.92. The Morgan fingerprint density at radius 2 is 1.43 bits per heavy atom. The summed E-state index contributed by atoms with van der Waals surface area (Å²) in [5, 5.41) is 10.4. The molecule has 1 nitrogen and oxygen atoms in total. The molecule has 0 radical (unpaired) electrons. The molecule has 0 fully saturated rings. The van der Waals surface area contributed by atoms with E-state index in [-0.39, 0.29) is 23.1 Å². The maximum absolute atomic E-state index is 14.0. The zero-order chi connectivity index (χ0) is 15.7. The van der Waals surface area contributed by atoms with Crippen molar-refractivity contribution in [2.75, 3.05) is 0 Å². The zero-order valence-electron chi connectivity index (χ0n) is 12.7. The van der Waals surface area contributed by atoms with Crippen LogP contribution < -0.4 is 0 Å². The lowest BCUT2D eigenvalue weighted by Crippen LogP contribution is -1.98. The van der Waals surface area contributed by atoms with Crippen molar-refractivity contribution in [3.05, 3.63) is 53.1 Å². The van der Waals surface area contributed by atoms with E-state index >= 15 is 0 Å². The normalized spacial score (nSPS) is 11.4. The number of halogens is 2. The summed E-state index contributed by atoms with van der Waals surface area (Å²) in [6, 6.07) is 7.63. The lowest BCUT2D eigenvalue weighted by atomic mass is 9.89. The van der Waals surface area contributed by atoms with Crippen LogP contribution >= 0.6 is 0 Å². The molecule has 21 heavy (non-hydrogen) atoms. The Kier molecular flexibility index (Phi) is 4.31. The van der Waals surface area contributed by atoms with Crippen LogP contribution in [0.15, 0.2) is 30.3 Å². The summed E-state index contributed by atoms with van der Waals surface area (Å²) in [5.74, 6) is -1.27. The number of benzene rings is 2. The van der Waals surface area contributed by atoms with Gasteiger partial charge in [-0.1, -0.05) is 39.8 Å². The Balaban J connectivity index is 2.72. The van der Waals surface area contributed by atoms with Gasteiger partial charge in [0.25, 0.3) is 0 Å². The highest BCUT2D eigenvalue weighted by molar-refractivity contribution is 5.68. The van der Waals surface area contributed by atoms with Crippen LogP contribution in [0, 0.1) is 11.6 Å². The largest absolute Gasteiger partial charge is 0.507 e. The third-order valence-electron chi connectivity index (χ3n) is 3.68. The van der Waals surface area contributed by atoms with Gasteiger partial charge in [0.2, 0.25) is 0 Å². The predicted octanol–water partition coefficient (Wildman–Crippen LogP) is 5.58. The second-order valence-corrected chi connectivity index (χ2v) is 5.91. The number of phenolic OH excluding ortho intramolecular Hbond substituents is 1. The molecule has 0 bridgehead atoms. The second-order valence-electron chi connectivity index (χ2n) is 5.91. The number of aromatic hydroxyl groups is 1. The SMILES string of the molecule is CC(C)c1cc(-c2cccc(F)c2F)cc(C(C)C)c1O. The van der Waals surface area contributed by atoms with E-state index in [1.807, 2.05) is 27.7 Å². The molecule has 0 aromatic heterocycles. The van der Waals surface area contributed by atoms with Crippen molar-refractivity contribution < 1.29 is 13.9 Å². The van der Waals surface area contributed by atoms with Gasteiger partial charge in [-0.05, 0) is 46.7 Å². The summed E-state index contributed by atoms with van der Waals surface area (Å²) >= 11 is 0. The smallest absolute Gasteiger partial charge is 0.166 e. The van der Waals surface area contributed by atoms with Gasteiger partial charge in [-0.3, -0.25) is 0 Å². The predicted molar refractivity (Wildman–Crippen MR) is 81.6 cm³/mol. The molecule has 1 N–H and O–H groups in total. The van der Waals surface area contributed by atoms with Gasteiger partial charge in [-0.15, -0.1) is 0 Å². The molecule has 112 valence electrons. The molecule has 3 heteroatoms. The lowest BCUT2D eigenvalue weighted by Gasteiger charge is -2.18. The summed E-state index contributed by atoms with van der Waals surface area (Å²) in [6.45, 7) is 7.85. The molecule has 2 aromatic carbocycles. The number of phenols is 1. The van der Waals surface area contributed by atoms with E-state index in [1.54, 1.807) is 18.2 Å². The Hall–Kier alpha value is -1.90. The maximum atomic E-state index is 14.0. The third-order valence-corrected chi connectivity index (χ3v) is 3.68. The highest BCUT2D eigenvalue weighted by atomic mass is 19.2. The summed E-state index contributed by atoms with van der Waals surface area (Å²) in [5.41, 5.74) is 2.32. The van der Waals surface area contributed by atoms with Crippen LogP contribution in [0.3, 0.4) is 0 Å². The fraction of sp³-hybridized carbons (Fsp3) is 0.333. The van der Waals surface area contributed by atoms with Crippen LogP contribution in [0.5, 0.6) is 5.75 Å². The molecule has 0 aliphatic heterocycles. The van der Waals surface area contributed by atoms with E-state index in [0.717, 1.165) is 17.2 Å². The first-order valence-electron chi connectivity index (χ1n) is 7.14. The van der Waals surface area contributed by atoms with Crippen LogP contribution in [0.2, 0.25) is 0 Å². The molecule has 0 saturated heterocycles. The first-order chi connectivity index (χ1) is 9.82. The average Bonchev–Trinajstić information content (AvgIpc) is 2.41. The zero-order valence-corrected chi connectivity index (χ0v) is 12.7. The highest BCUT2D eigenvalue weighted by Gasteiger charge is 2.18. The quantitative estimate of drug-likeness (QED) is 0.782. The summed E-state index contributed by atoms with van der Waals surface area (Å²) in [7, 11) is 0. The number of hydrogen-bond donors (Lipinski definition) is 1. The van der Waals surface area contributed by atoms with Gasteiger partial charge >= 0.3 is 0 Å². The van der Waals surface area contributed by atoms with E-state index in [0.29, 0.717) is 5.56 Å². The monoisotopic (exact) mass is 290 g/mol. The summed E-state index contributed by atoms with van der Waals surface area (Å²) < 4.78 is 27.5.